The van der Waals surface area contributed by atoms with Gasteiger partial charge in [0.15, 0.2) is 29.2 Å². The Labute approximate surface area is 199 Å². The summed E-state index contributed by atoms with van der Waals surface area (Å²) in [5.41, 5.74) is -0.149. The van der Waals surface area contributed by atoms with Gasteiger partial charge >= 0.3 is 5.97 Å². The highest BCUT2D eigenvalue weighted by Gasteiger charge is 2.58. The van der Waals surface area contributed by atoms with Crippen molar-refractivity contribution < 1.29 is 28.6 Å². The number of methoxy groups -OCH3 is 1. The van der Waals surface area contributed by atoms with Crippen molar-refractivity contribution in [3.05, 3.63) is 53.1 Å². The number of carboxylic acid groups (broad SMARTS) is 1. The number of fused-ring (bicyclic) bond motifs is 1. The molecule has 0 radical (unpaired) electrons. The molecule has 1 saturated carbocycles. The molecule has 1 saturated heterocycles. The van der Waals surface area contributed by atoms with E-state index in [2.05, 4.69) is 20.6 Å². The van der Waals surface area contributed by atoms with Crippen molar-refractivity contribution in [2.45, 2.75) is 37.3 Å². The van der Waals surface area contributed by atoms with Gasteiger partial charge in [-0.2, -0.15) is 0 Å². The Kier molecular flexibility index (Phi) is 5.98. The topological polar surface area (TPSA) is 136 Å². The normalized spacial score (nSPS) is 24.4. The van der Waals surface area contributed by atoms with Gasteiger partial charge in [-0.25, -0.2) is 9.78 Å². The van der Waals surface area contributed by atoms with Crippen LogP contribution in [0.3, 0.4) is 0 Å². The lowest BCUT2D eigenvalue weighted by Gasteiger charge is -2.33. The van der Waals surface area contributed by atoms with Crippen molar-refractivity contribution in [1.82, 2.24) is 20.6 Å². The summed E-state index contributed by atoms with van der Waals surface area (Å²) in [5, 5.41) is 16.9. The lowest BCUT2D eigenvalue weighted by atomic mass is 9.84. The van der Waals surface area contributed by atoms with Crippen LogP contribution in [0, 0.1) is 5.92 Å². The Morgan fingerprint density at radius 3 is 2.85 bits per heavy atom. The number of ketones is 1. The van der Waals surface area contributed by atoms with E-state index in [9.17, 15) is 14.7 Å². The Balaban J connectivity index is 1.52. The van der Waals surface area contributed by atoms with Crippen molar-refractivity contribution in [2.24, 2.45) is 5.92 Å². The van der Waals surface area contributed by atoms with Gasteiger partial charge in [0.25, 0.3) is 0 Å². The number of rotatable bonds is 9. The number of halogens is 1. The van der Waals surface area contributed by atoms with E-state index in [0.717, 1.165) is 12.8 Å². The molecule has 11 heteroatoms. The van der Waals surface area contributed by atoms with E-state index in [0.29, 0.717) is 27.6 Å². The first-order valence-corrected chi connectivity index (χ1v) is 11.2. The van der Waals surface area contributed by atoms with Gasteiger partial charge in [-0.1, -0.05) is 11.6 Å². The fourth-order valence-corrected chi connectivity index (χ4v) is 4.54. The number of hydrogen-bond acceptors (Lipinski definition) is 9. The number of hydrogen-bond donors (Lipinski definition) is 3. The smallest absolute Gasteiger partial charge is 0.339 e. The summed E-state index contributed by atoms with van der Waals surface area (Å²) in [6, 6.07) is 6.37. The van der Waals surface area contributed by atoms with Crippen LogP contribution in [-0.2, 0) is 16.1 Å². The molecule has 3 N–H and O–H groups in total. The lowest BCUT2D eigenvalue weighted by molar-refractivity contribution is -0.148. The minimum Gasteiger partial charge on any atom is -0.493 e. The molecule has 1 aliphatic heterocycles. The maximum atomic E-state index is 13.9. The van der Waals surface area contributed by atoms with Gasteiger partial charge in [0.05, 0.1) is 30.9 Å². The number of Topliss-reactive ketones (excluding diaryl/α,β-unsaturated/α-hetero) is 1. The molecule has 34 heavy (non-hydrogen) atoms. The minimum atomic E-state index is -1.79. The van der Waals surface area contributed by atoms with Gasteiger partial charge in [0.2, 0.25) is 0 Å². The molecule has 5 rings (SSSR count). The first-order valence-electron chi connectivity index (χ1n) is 10.9. The number of nitrogens with zero attached hydrogens (tertiary/aromatic N) is 2. The lowest BCUT2D eigenvalue weighted by Crippen LogP contribution is -2.64. The van der Waals surface area contributed by atoms with E-state index in [-0.39, 0.29) is 24.8 Å². The van der Waals surface area contributed by atoms with E-state index in [1.165, 1.54) is 25.8 Å². The summed E-state index contributed by atoms with van der Waals surface area (Å²) >= 11 is 6.05. The van der Waals surface area contributed by atoms with Crippen LogP contribution < -0.4 is 15.4 Å². The van der Waals surface area contributed by atoms with Crippen molar-refractivity contribution in [2.75, 3.05) is 13.7 Å². The zero-order chi connectivity index (χ0) is 23.9. The monoisotopic (exact) mass is 486 g/mol. The average molecular weight is 487 g/mol. The van der Waals surface area contributed by atoms with Crippen LogP contribution in [0.5, 0.6) is 5.75 Å². The molecule has 0 spiro atoms. The molecule has 3 atom stereocenters. The summed E-state index contributed by atoms with van der Waals surface area (Å²) < 4.78 is 16.8. The number of aliphatic carboxylic acids is 1. The molecule has 0 amide bonds. The van der Waals surface area contributed by atoms with Crippen molar-refractivity contribution in [3.63, 3.8) is 0 Å². The van der Waals surface area contributed by atoms with Gasteiger partial charge in [-0.3, -0.25) is 20.4 Å². The predicted octanol–water partition coefficient (Wildman–Crippen LogP) is 2.41. The summed E-state index contributed by atoms with van der Waals surface area (Å²) in [5.74, 6) is -2.36. The number of carboxylic acids is 1. The first kappa shape index (κ1) is 22.7. The molecule has 1 unspecified atom stereocenters. The second-order valence-corrected chi connectivity index (χ2v) is 8.84. The number of aromatic nitrogens is 2. The number of benzene rings is 1. The third kappa shape index (κ3) is 4.14. The maximum Gasteiger partial charge on any atom is 0.339 e. The molecule has 0 bridgehead atoms. The number of nitrogens with one attached hydrogen (secondary N) is 2. The highest BCUT2D eigenvalue weighted by molar-refractivity contribution is 6.30. The van der Waals surface area contributed by atoms with Crippen LogP contribution in [0.15, 0.2) is 41.3 Å². The molecular weight excluding hydrogens is 464 g/mol. The third-order valence-electron chi connectivity index (χ3n) is 6.16. The fourth-order valence-electron chi connectivity index (χ4n) is 4.35. The molecule has 2 fully saturated rings. The van der Waals surface area contributed by atoms with Gasteiger partial charge in [0, 0.05) is 29.9 Å². The van der Waals surface area contributed by atoms with Crippen molar-refractivity contribution in [3.8, 4) is 5.75 Å². The molecule has 1 aliphatic carbocycles. The largest absolute Gasteiger partial charge is 0.493 e. The van der Waals surface area contributed by atoms with E-state index < -0.39 is 29.4 Å². The Morgan fingerprint density at radius 1 is 1.32 bits per heavy atom. The van der Waals surface area contributed by atoms with Gasteiger partial charge in [0.1, 0.15) is 5.52 Å². The van der Waals surface area contributed by atoms with Crippen LogP contribution in [-0.4, -0.2) is 58.4 Å². The fraction of sp³-hybridized carbons (Fsp3) is 0.391. The second-order valence-electron chi connectivity index (χ2n) is 8.41. The number of ether oxygens (including phenoxy) is 2. The Morgan fingerprint density at radius 2 is 2.15 bits per heavy atom. The highest BCUT2D eigenvalue weighted by atomic mass is 35.5. The van der Waals surface area contributed by atoms with Crippen molar-refractivity contribution in [1.29, 1.82) is 0 Å². The van der Waals surface area contributed by atoms with E-state index in [1.807, 2.05) is 0 Å². The quantitative estimate of drug-likeness (QED) is 0.387. The SMILES string of the molecule is COc1cc(C(=O)C2[C@@H](OC3CC3)CN[C@]2(NCc2cc(Cl)ccn2)C(=O)O)cc2ncoc12. The van der Waals surface area contributed by atoms with Crippen LogP contribution in [0.4, 0.5) is 0 Å². The number of carbonyl (C=O) groups is 2. The molecule has 178 valence electrons. The Bertz CT molecular complexity index is 1250. The maximum absolute atomic E-state index is 13.9. The summed E-state index contributed by atoms with van der Waals surface area (Å²) in [6.07, 6.45) is 3.95. The molecule has 10 nitrogen and oxygen atoms in total. The standard InChI is InChI=1S/C23H23ClN4O6/c1-32-17-7-12(6-16-21(17)33-11-26-16)20(29)19-18(34-15-2-3-15)10-28-23(19,22(30)31)27-9-14-8-13(24)4-5-25-14/h4-8,11,15,18-19,27-28H,2-3,9-10H2,1H3,(H,30,31)/t18-,19?,23-/m0/s1. The number of pyridine rings is 1. The Hall–Kier alpha value is -3.05. The van der Waals surface area contributed by atoms with Gasteiger partial charge in [-0.15, -0.1) is 0 Å². The summed E-state index contributed by atoms with van der Waals surface area (Å²) in [6.45, 7) is 0.268. The first-order chi connectivity index (χ1) is 16.4. The van der Waals surface area contributed by atoms with E-state index in [4.69, 9.17) is 25.5 Å². The predicted molar refractivity (Wildman–Crippen MR) is 121 cm³/mol. The third-order valence-corrected chi connectivity index (χ3v) is 6.40. The average Bonchev–Trinajstić information content (AvgIpc) is 3.37. The molecule has 1 aromatic carbocycles. The van der Waals surface area contributed by atoms with E-state index >= 15 is 0 Å². The molecule has 3 aromatic rings. The number of oxazole rings is 1. The van der Waals surface area contributed by atoms with Crippen LogP contribution in [0.1, 0.15) is 28.9 Å². The highest BCUT2D eigenvalue weighted by Crippen LogP contribution is 2.37. The van der Waals surface area contributed by atoms with Gasteiger partial charge < -0.3 is 19.0 Å². The van der Waals surface area contributed by atoms with E-state index in [1.54, 1.807) is 18.2 Å². The van der Waals surface area contributed by atoms with Crippen molar-refractivity contribution >= 4 is 34.5 Å². The zero-order valence-electron chi connectivity index (χ0n) is 18.3. The zero-order valence-corrected chi connectivity index (χ0v) is 19.0. The molecular formula is C23H23ClN4O6. The van der Waals surface area contributed by atoms with Crippen LogP contribution in [0.25, 0.3) is 11.1 Å². The van der Waals surface area contributed by atoms with Gasteiger partial charge in [-0.05, 0) is 37.1 Å². The minimum absolute atomic E-state index is 0.0221. The summed E-state index contributed by atoms with van der Waals surface area (Å²) in [7, 11) is 1.46. The second kappa shape index (κ2) is 8.95. The number of carbonyl (C=O) groups excluding carboxylic acids is 1. The molecule has 3 heterocycles. The molecule has 2 aliphatic rings. The van der Waals surface area contributed by atoms with Crippen LogP contribution in [0.2, 0.25) is 5.02 Å². The molecule has 2 aromatic heterocycles. The van der Waals surface area contributed by atoms with Crippen LogP contribution >= 0.6 is 11.6 Å². The summed E-state index contributed by atoms with van der Waals surface area (Å²) in [4.78, 5) is 34.9.